The van der Waals surface area contributed by atoms with Gasteiger partial charge in [0.1, 0.15) is 12.7 Å². The van der Waals surface area contributed by atoms with Gasteiger partial charge in [-0.1, -0.05) is 13.8 Å². The number of cyclic esters (lactones) is 1. The van der Waals surface area contributed by atoms with Gasteiger partial charge >= 0.3 is 6.09 Å². The second kappa shape index (κ2) is 7.94. The number of nitrogens with zero attached hydrogens (tertiary/aromatic N) is 2. The fourth-order valence-electron chi connectivity index (χ4n) is 2.46. The maximum Gasteiger partial charge on any atom is 0.414 e. The van der Waals surface area contributed by atoms with Gasteiger partial charge in [-0.3, -0.25) is 9.69 Å². The first-order valence-electron chi connectivity index (χ1n) is 7.85. The number of benzene rings is 1. The number of anilines is 2. The van der Waals surface area contributed by atoms with Crippen LogP contribution in [0.2, 0.25) is 0 Å². The monoisotopic (exact) mass is 321 g/mol. The molecular weight excluding hydrogens is 298 g/mol. The van der Waals surface area contributed by atoms with E-state index in [1.165, 1.54) is 0 Å². The molecule has 0 bridgehead atoms. The van der Waals surface area contributed by atoms with Gasteiger partial charge in [0, 0.05) is 24.5 Å². The average Bonchev–Trinajstić information content (AvgIpc) is 2.98. The van der Waals surface area contributed by atoms with Crippen LogP contribution in [0.15, 0.2) is 24.3 Å². The Bertz CT molecular complexity index is 547. The lowest BCUT2D eigenvalue weighted by Crippen LogP contribution is -2.41. The number of nitrogens with two attached hydrogens (primary N) is 1. The summed E-state index contributed by atoms with van der Waals surface area (Å²) in [5.74, 6) is -0.0576. The SMILES string of the molecule is CC.NCC1CN(c2ccc(N3CCOCC3=O)cc2)C(=O)O1. The molecule has 2 heterocycles. The van der Waals surface area contributed by atoms with E-state index >= 15 is 0 Å². The zero-order valence-electron chi connectivity index (χ0n) is 13.5. The van der Waals surface area contributed by atoms with Crippen molar-refractivity contribution in [3.8, 4) is 0 Å². The minimum Gasteiger partial charge on any atom is -0.443 e. The highest BCUT2D eigenvalue weighted by atomic mass is 16.6. The van der Waals surface area contributed by atoms with E-state index in [-0.39, 0.29) is 24.7 Å². The normalized spacial score (nSPS) is 20.9. The Balaban J connectivity index is 0.000000924. The third-order valence-corrected chi connectivity index (χ3v) is 3.60. The summed E-state index contributed by atoms with van der Waals surface area (Å²) in [6, 6.07) is 7.25. The lowest BCUT2D eigenvalue weighted by Gasteiger charge is -2.27. The summed E-state index contributed by atoms with van der Waals surface area (Å²) in [7, 11) is 0. The molecule has 2 saturated heterocycles. The molecule has 2 fully saturated rings. The summed E-state index contributed by atoms with van der Waals surface area (Å²) in [6.07, 6.45) is -0.654. The van der Waals surface area contributed by atoms with Crippen LogP contribution in [-0.4, -0.2) is 51.0 Å². The van der Waals surface area contributed by atoms with Crippen molar-refractivity contribution in [2.75, 3.05) is 42.6 Å². The molecule has 0 saturated carbocycles. The number of amides is 2. The molecule has 1 aromatic carbocycles. The summed E-state index contributed by atoms with van der Waals surface area (Å²) in [5, 5.41) is 0. The molecule has 7 heteroatoms. The van der Waals surface area contributed by atoms with Crippen molar-refractivity contribution in [2.24, 2.45) is 5.73 Å². The van der Waals surface area contributed by atoms with Crippen LogP contribution in [-0.2, 0) is 14.3 Å². The van der Waals surface area contributed by atoms with E-state index in [0.717, 1.165) is 11.4 Å². The van der Waals surface area contributed by atoms with Gasteiger partial charge < -0.3 is 20.1 Å². The highest BCUT2D eigenvalue weighted by Crippen LogP contribution is 2.25. The van der Waals surface area contributed by atoms with E-state index in [0.29, 0.717) is 26.2 Å². The minimum absolute atomic E-state index is 0.0576. The molecule has 0 aromatic heterocycles. The van der Waals surface area contributed by atoms with Crippen LogP contribution in [0.5, 0.6) is 0 Å². The van der Waals surface area contributed by atoms with Gasteiger partial charge in [-0.2, -0.15) is 0 Å². The number of morpholine rings is 1. The standard InChI is InChI=1S/C14H17N3O4.C2H6/c15-7-12-8-17(14(19)21-12)11-3-1-10(2-4-11)16-5-6-20-9-13(16)18;1-2/h1-4,12H,5-9,15H2;1-2H3. The van der Waals surface area contributed by atoms with Gasteiger partial charge in [-0.15, -0.1) is 0 Å². The number of hydrogen-bond acceptors (Lipinski definition) is 5. The van der Waals surface area contributed by atoms with Gasteiger partial charge in [-0.05, 0) is 24.3 Å². The Morgan fingerprint density at radius 1 is 1.13 bits per heavy atom. The lowest BCUT2D eigenvalue weighted by molar-refractivity contribution is -0.125. The van der Waals surface area contributed by atoms with Crippen LogP contribution in [0.25, 0.3) is 0 Å². The molecule has 2 N–H and O–H groups in total. The zero-order chi connectivity index (χ0) is 16.8. The Morgan fingerprint density at radius 2 is 1.74 bits per heavy atom. The lowest BCUT2D eigenvalue weighted by atomic mass is 10.2. The summed E-state index contributed by atoms with van der Waals surface area (Å²) in [5.41, 5.74) is 7.05. The van der Waals surface area contributed by atoms with Crippen LogP contribution < -0.4 is 15.5 Å². The Labute approximate surface area is 135 Å². The first kappa shape index (κ1) is 17.2. The van der Waals surface area contributed by atoms with Crippen molar-refractivity contribution in [3.05, 3.63) is 24.3 Å². The fourth-order valence-corrected chi connectivity index (χ4v) is 2.46. The average molecular weight is 321 g/mol. The molecule has 0 spiro atoms. The van der Waals surface area contributed by atoms with Crippen molar-refractivity contribution in [3.63, 3.8) is 0 Å². The van der Waals surface area contributed by atoms with E-state index < -0.39 is 0 Å². The topological polar surface area (TPSA) is 85.1 Å². The number of carbonyl (C=O) groups is 2. The zero-order valence-corrected chi connectivity index (χ0v) is 13.5. The van der Waals surface area contributed by atoms with Crippen LogP contribution in [0.3, 0.4) is 0 Å². The molecule has 0 aliphatic carbocycles. The molecule has 2 aliphatic rings. The largest absolute Gasteiger partial charge is 0.443 e. The molecule has 3 rings (SSSR count). The minimum atomic E-state index is -0.388. The summed E-state index contributed by atoms with van der Waals surface area (Å²) in [6.45, 7) is 5.94. The predicted molar refractivity (Wildman–Crippen MR) is 87.6 cm³/mol. The fraction of sp³-hybridized carbons (Fsp3) is 0.500. The molecule has 0 radical (unpaired) electrons. The first-order valence-corrected chi connectivity index (χ1v) is 7.85. The van der Waals surface area contributed by atoms with E-state index in [2.05, 4.69) is 0 Å². The second-order valence-electron chi connectivity index (χ2n) is 4.97. The molecule has 1 aromatic rings. The van der Waals surface area contributed by atoms with Crippen molar-refractivity contribution in [2.45, 2.75) is 20.0 Å². The van der Waals surface area contributed by atoms with Gasteiger partial charge in [0.15, 0.2) is 0 Å². The van der Waals surface area contributed by atoms with Gasteiger partial charge in [-0.25, -0.2) is 4.79 Å². The smallest absolute Gasteiger partial charge is 0.414 e. The van der Waals surface area contributed by atoms with Crippen molar-refractivity contribution in [1.29, 1.82) is 0 Å². The Kier molecular flexibility index (Phi) is 5.95. The molecule has 2 amide bonds. The van der Waals surface area contributed by atoms with Gasteiger partial charge in [0.25, 0.3) is 5.91 Å². The van der Waals surface area contributed by atoms with Gasteiger partial charge in [0.05, 0.1) is 13.2 Å². The summed E-state index contributed by atoms with van der Waals surface area (Å²) in [4.78, 5) is 26.7. The molecule has 1 unspecified atom stereocenters. The van der Waals surface area contributed by atoms with E-state index in [1.807, 2.05) is 26.0 Å². The molecule has 23 heavy (non-hydrogen) atoms. The van der Waals surface area contributed by atoms with E-state index in [9.17, 15) is 9.59 Å². The Hall–Kier alpha value is -2.12. The quantitative estimate of drug-likeness (QED) is 0.908. The van der Waals surface area contributed by atoms with Crippen LogP contribution in [0.4, 0.5) is 16.2 Å². The highest BCUT2D eigenvalue weighted by Gasteiger charge is 2.31. The summed E-state index contributed by atoms with van der Waals surface area (Å²) >= 11 is 0. The maximum absolute atomic E-state index is 11.8. The van der Waals surface area contributed by atoms with Crippen LogP contribution in [0, 0.1) is 0 Å². The predicted octanol–water partition coefficient (Wildman–Crippen LogP) is 1.36. The first-order chi connectivity index (χ1) is 11.2. The number of hydrogen-bond donors (Lipinski definition) is 1. The third-order valence-electron chi connectivity index (χ3n) is 3.60. The molecular formula is C16H23N3O4. The van der Waals surface area contributed by atoms with Gasteiger partial charge in [0.2, 0.25) is 0 Å². The highest BCUT2D eigenvalue weighted by molar-refractivity contribution is 5.95. The molecule has 2 aliphatic heterocycles. The van der Waals surface area contributed by atoms with Crippen molar-refractivity contribution in [1.82, 2.24) is 0 Å². The van der Waals surface area contributed by atoms with E-state index in [4.69, 9.17) is 15.2 Å². The van der Waals surface area contributed by atoms with Crippen molar-refractivity contribution < 1.29 is 19.1 Å². The summed E-state index contributed by atoms with van der Waals surface area (Å²) < 4.78 is 10.2. The van der Waals surface area contributed by atoms with Crippen LogP contribution >= 0.6 is 0 Å². The molecule has 1 atom stereocenters. The van der Waals surface area contributed by atoms with Crippen molar-refractivity contribution >= 4 is 23.4 Å². The molecule has 126 valence electrons. The number of rotatable bonds is 3. The van der Waals surface area contributed by atoms with E-state index in [1.54, 1.807) is 21.9 Å². The maximum atomic E-state index is 11.8. The third kappa shape index (κ3) is 3.80. The Morgan fingerprint density at radius 3 is 2.26 bits per heavy atom. The van der Waals surface area contributed by atoms with Crippen LogP contribution in [0.1, 0.15) is 13.8 Å². The number of ether oxygens (including phenoxy) is 2. The number of carbonyl (C=O) groups excluding carboxylic acids is 2. The molecule has 7 nitrogen and oxygen atoms in total. The second-order valence-corrected chi connectivity index (χ2v) is 4.97.